The molecule has 3 heterocycles. The summed E-state index contributed by atoms with van der Waals surface area (Å²) in [5.74, 6) is 0.0444. The summed E-state index contributed by atoms with van der Waals surface area (Å²) < 4.78 is 17.9. The molecule has 0 atom stereocenters. The summed E-state index contributed by atoms with van der Waals surface area (Å²) in [6.07, 6.45) is 1.65. The molecule has 0 bridgehead atoms. The number of nitrogens with zero attached hydrogens (tertiary/aromatic N) is 2. The number of hydrogen-bond donors (Lipinski definition) is 0. The molecule has 0 aliphatic rings. The highest BCUT2D eigenvalue weighted by Crippen LogP contribution is 2.23. The molecule has 36 heavy (non-hydrogen) atoms. The van der Waals surface area contributed by atoms with Crippen LogP contribution in [0.1, 0.15) is 32.7 Å². The van der Waals surface area contributed by atoms with Gasteiger partial charge in [-0.3, -0.25) is 9.20 Å². The van der Waals surface area contributed by atoms with Crippen LogP contribution in [0.2, 0.25) is 0 Å². The zero-order valence-corrected chi connectivity index (χ0v) is 19.7. The van der Waals surface area contributed by atoms with Gasteiger partial charge in [0.05, 0.1) is 11.3 Å². The van der Waals surface area contributed by atoms with Crippen molar-refractivity contribution in [2.45, 2.75) is 27.1 Å². The minimum absolute atomic E-state index is 0.110. The molecule has 5 rings (SSSR count). The molecule has 0 N–H and O–H groups in total. The van der Waals surface area contributed by atoms with Gasteiger partial charge in [-0.2, -0.15) is 0 Å². The Morgan fingerprint density at radius 2 is 1.75 bits per heavy atom. The fraction of sp³-hybridized carbons (Fsp3) is 0.143. The molecular formula is C28H22N2O6. The Bertz CT molecular complexity index is 1720. The van der Waals surface area contributed by atoms with Gasteiger partial charge in [-0.05, 0) is 60.9 Å². The molecule has 8 nitrogen and oxygen atoms in total. The highest BCUT2D eigenvalue weighted by molar-refractivity contribution is 5.89. The number of hydrogen-bond acceptors (Lipinski definition) is 7. The van der Waals surface area contributed by atoms with Gasteiger partial charge in [-0.1, -0.05) is 18.2 Å². The standard InChI is InChI=1S/C28H22N2O6/c1-17-4-3-11-30-25(31)13-21(29-27(17)30)16-35-28(33)20-7-5-19(6-8-20)15-34-22-9-10-23-18(2)12-26(32)36-24(23)14-22/h3-14H,15-16H2,1-2H3. The Kier molecular flexibility index (Phi) is 6.08. The monoisotopic (exact) mass is 482 g/mol. The summed E-state index contributed by atoms with van der Waals surface area (Å²) in [6, 6.07) is 18.6. The second-order valence-corrected chi connectivity index (χ2v) is 8.44. The third-order valence-electron chi connectivity index (χ3n) is 5.81. The van der Waals surface area contributed by atoms with Crippen LogP contribution in [0.25, 0.3) is 16.6 Å². The lowest BCUT2D eigenvalue weighted by atomic mass is 10.1. The van der Waals surface area contributed by atoms with Gasteiger partial charge in [0.15, 0.2) is 0 Å². The first kappa shape index (κ1) is 23.0. The Hall–Kier alpha value is -4.72. The third kappa shape index (κ3) is 4.74. The van der Waals surface area contributed by atoms with Crippen LogP contribution in [0.3, 0.4) is 0 Å². The number of fused-ring (bicyclic) bond motifs is 2. The van der Waals surface area contributed by atoms with E-state index in [1.807, 2.05) is 32.0 Å². The summed E-state index contributed by atoms with van der Waals surface area (Å²) in [5.41, 5.74) is 3.65. The second kappa shape index (κ2) is 9.50. The minimum atomic E-state index is -0.519. The number of esters is 1. The molecule has 8 heteroatoms. The molecule has 2 aromatic carbocycles. The van der Waals surface area contributed by atoms with Gasteiger partial charge < -0.3 is 13.9 Å². The predicted octanol–water partition coefficient (Wildman–Crippen LogP) is 4.35. The first-order chi connectivity index (χ1) is 17.4. The van der Waals surface area contributed by atoms with Crippen LogP contribution in [-0.2, 0) is 18.0 Å². The van der Waals surface area contributed by atoms with Crippen LogP contribution in [0.15, 0.2) is 86.9 Å². The number of pyridine rings is 1. The Morgan fingerprint density at radius 1 is 0.944 bits per heavy atom. The normalized spacial score (nSPS) is 11.1. The van der Waals surface area contributed by atoms with Crippen molar-refractivity contribution in [3.05, 3.63) is 122 Å². The number of ether oxygens (including phenoxy) is 2. The lowest BCUT2D eigenvalue weighted by Crippen LogP contribution is -2.17. The molecule has 0 spiro atoms. The average molecular weight is 482 g/mol. The highest BCUT2D eigenvalue weighted by atomic mass is 16.5. The quantitative estimate of drug-likeness (QED) is 0.262. The Morgan fingerprint density at radius 3 is 2.56 bits per heavy atom. The van der Waals surface area contributed by atoms with E-state index in [1.54, 1.807) is 42.6 Å². The first-order valence-electron chi connectivity index (χ1n) is 11.3. The largest absolute Gasteiger partial charge is 0.489 e. The molecule has 3 aromatic heterocycles. The van der Waals surface area contributed by atoms with E-state index in [0.717, 1.165) is 22.1 Å². The number of aryl methyl sites for hydroxylation is 2. The summed E-state index contributed by atoms with van der Waals surface area (Å²) in [7, 11) is 0. The van der Waals surface area contributed by atoms with Crippen molar-refractivity contribution in [1.29, 1.82) is 0 Å². The molecule has 5 aromatic rings. The van der Waals surface area contributed by atoms with Crippen molar-refractivity contribution in [1.82, 2.24) is 9.38 Å². The van der Waals surface area contributed by atoms with Gasteiger partial charge >= 0.3 is 11.6 Å². The summed E-state index contributed by atoms with van der Waals surface area (Å²) in [5, 5.41) is 0.851. The molecule has 0 amide bonds. The van der Waals surface area contributed by atoms with Gasteiger partial charge in [-0.15, -0.1) is 0 Å². The van der Waals surface area contributed by atoms with Crippen molar-refractivity contribution in [2.75, 3.05) is 0 Å². The maximum atomic E-state index is 12.5. The molecule has 0 saturated carbocycles. The zero-order valence-electron chi connectivity index (χ0n) is 19.7. The molecule has 0 saturated heterocycles. The minimum Gasteiger partial charge on any atom is -0.489 e. The van der Waals surface area contributed by atoms with E-state index < -0.39 is 11.6 Å². The molecule has 0 radical (unpaired) electrons. The molecule has 0 fully saturated rings. The number of aromatic nitrogens is 2. The van der Waals surface area contributed by atoms with E-state index in [1.165, 1.54) is 16.5 Å². The van der Waals surface area contributed by atoms with E-state index in [0.29, 0.717) is 28.2 Å². The van der Waals surface area contributed by atoms with E-state index in [-0.39, 0.29) is 18.8 Å². The van der Waals surface area contributed by atoms with Crippen LogP contribution < -0.4 is 15.9 Å². The molecular weight excluding hydrogens is 460 g/mol. The first-order valence-corrected chi connectivity index (χ1v) is 11.3. The van der Waals surface area contributed by atoms with Crippen LogP contribution in [0.5, 0.6) is 5.75 Å². The van der Waals surface area contributed by atoms with Crippen molar-refractivity contribution in [2.24, 2.45) is 0 Å². The Labute approximate surface area is 205 Å². The van der Waals surface area contributed by atoms with E-state index >= 15 is 0 Å². The van der Waals surface area contributed by atoms with Gasteiger partial charge in [0.1, 0.15) is 30.2 Å². The number of rotatable bonds is 6. The Balaban J connectivity index is 1.22. The number of benzene rings is 2. The van der Waals surface area contributed by atoms with Gasteiger partial charge in [-0.25, -0.2) is 14.6 Å². The molecule has 180 valence electrons. The topological polar surface area (TPSA) is 100 Å². The fourth-order valence-corrected chi connectivity index (χ4v) is 3.90. The fourth-order valence-electron chi connectivity index (χ4n) is 3.90. The van der Waals surface area contributed by atoms with E-state index in [9.17, 15) is 14.4 Å². The third-order valence-corrected chi connectivity index (χ3v) is 5.81. The van der Waals surface area contributed by atoms with Crippen molar-refractivity contribution in [3.8, 4) is 5.75 Å². The summed E-state index contributed by atoms with van der Waals surface area (Å²) in [4.78, 5) is 40.9. The highest BCUT2D eigenvalue weighted by Gasteiger charge is 2.11. The second-order valence-electron chi connectivity index (χ2n) is 8.44. The number of carbonyl (C=O) groups is 1. The lowest BCUT2D eigenvalue weighted by molar-refractivity contribution is 0.0467. The van der Waals surface area contributed by atoms with Crippen molar-refractivity contribution >= 4 is 22.6 Å². The van der Waals surface area contributed by atoms with Gasteiger partial charge in [0.25, 0.3) is 5.56 Å². The van der Waals surface area contributed by atoms with Crippen LogP contribution in [0, 0.1) is 13.8 Å². The maximum absolute atomic E-state index is 12.5. The summed E-state index contributed by atoms with van der Waals surface area (Å²) >= 11 is 0. The predicted molar refractivity (Wildman–Crippen MR) is 133 cm³/mol. The zero-order chi connectivity index (χ0) is 25.2. The van der Waals surface area contributed by atoms with Crippen LogP contribution >= 0.6 is 0 Å². The van der Waals surface area contributed by atoms with Crippen molar-refractivity contribution in [3.63, 3.8) is 0 Å². The maximum Gasteiger partial charge on any atom is 0.338 e. The van der Waals surface area contributed by atoms with Crippen LogP contribution in [-0.4, -0.2) is 15.4 Å². The van der Waals surface area contributed by atoms with Gasteiger partial charge in [0, 0.05) is 29.8 Å². The average Bonchev–Trinajstić information content (AvgIpc) is 2.86. The van der Waals surface area contributed by atoms with E-state index in [4.69, 9.17) is 13.9 Å². The molecule has 0 unspecified atom stereocenters. The molecule has 0 aliphatic carbocycles. The van der Waals surface area contributed by atoms with Crippen molar-refractivity contribution < 1.29 is 18.7 Å². The SMILES string of the molecule is Cc1cc(=O)oc2cc(OCc3ccc(C(=O)OCc4cc(=O)n5cccc(C)c5n4)cc3)ccc12. The van der Waals surface area contributed by atoms with Gasteiger partial charge in [0.2, 0.25) is 0 Å². The smallest absolute Gasteiger partial charge is 0.338 e. The lowest BCUT2D eigenvalue weighted by Gasteiger charge is -2.09. The molecule has 0 aliphatic heterocycles. The summed E-state index contributed by atoms with van der Waals surface area (Å²) in [6.45, 7) is 3.87. The van der Waals surface area contributed by atoms with E-state index in [2.05, 4.69) is 4.98 Å². The number of carbonyl (C=O) groups excluding carboxylic acids is 1. The van der Waals surface area contributed by atoms with Crippen LogP contribution in [0.4, 0.5) is 0 Å².